The van der Waals surface area contributed by atoms with E-state index in [1.807, 2.05) is 91.9 Å². The van der Waals surface area contributed by atoms with Gasteiger partial charge in [-0.3, -0.25) is 9.36 Å². The third kappa shape index (κ3) is 5.15. The Morgan fingerprint density at radius 3 is 2.36 bits per heavy atom. The quantitative estimate of drug-likeness (QED) is 0.311. The van der Waals surface area contributed by atoms with Gasteiger partial charge in [0.15, 0.2) is 16.3 Å². The van der Waals surface area contributed by atoms with E-state index < -0.39 is 12.0 Å². The first-order valence-electron chi connectivity index (χ1n) is 12.7. The van der Waals surface area contributed by atoms with Gasteiger partial charge in [-0.25, -0.2) is 9.79 Å². The van der Waals surface area contributed by atoms with Crippen molar-refractivity contribution < 1.29 is 19.0 Å². The number of methoxy groups -OCH3 is 1. The number of rotatable bonds is 8. The largest absolute Gasteiger partial charge is 0.493 e. The highest BCUT2D eigenvalue weighted by atomic mass is 32.1. The second-order valence-corrected chi connectivity index (χ2v) is 9.69. The van der Waals surface area contributed by atoms with Crippen molar-refractivity contribution in [2.75, 3.05) is 20.3 Å². The van der Waals surface area contributed by atoms with Gasteiger partial charge in [-0.15, -0.1) is 0 Å². The minimum Gasteiger partial charge on any atom is -0.493 e. The molecule has 0 saturated heterocycles. The molecule has 8 heteroatoms. The van der Waals surface area contributed by atoms with Gasteiger partial charge >= 0.3 is 5.97 Å². The molecule has 39 heavy (non-hydrogen) atoms. The second-order valence-electron chi connectivity index (χ2n) is 8.69. The number of carbonyl (C=O) groups excluding carboxylic acids is 1. The Morgan fingerprint density at radius 1 is 0.974 bits per heavy atom. The van der Waals surface area contributed by atoms with Crippen molar-refractivity contribution in [1.82, 2.24) is 4.57 Å². The fourth-order valence-electron chi connectivity index (χ4n) is 4.59. The molecule has 1 aromatic heterocycles. The van der Waals surface area contributed by atoms with Gasteiger partial charge in [-0.05, 0) is 43.2 Å². The van der Waals surface area contributed by atoms with Crippen LogP contribution in [0.1, 0.15) is 36.6 Å². The summed E-state index contributed by atoms with van der Waals surface area (Å²) < 4.78 is 18.7. The molecule has 1 aliphatic heterocycles. The molecule has 0 saturated carbocycles. The predicted molar refractivity (Wildman–Crippen MR) is 152 cm³/mol. The molecule has 3 aromatic carbocycles. The van der Waals surface area contributed by atoms with Crippen molar-refractivity contribution in [3.05, 3.63) is 121 Å². The smallest absolute Gasteiger partial charge is 0.338 e. The molecule has 0 unspecified atom stereocenters. The molecule has 0 bridgehead atoms. The summed E-state index contributed by atoms with van der Waals surface area (Å²) in [6.07, 6.45) is 1.81. The minimum atomic E-state index is -0.700. The fraction of sp³-hybridized carbons (Fsp3) is 0.194. The highest BCUT2D eigenvalue weighted by molar-refractivity contribution is 7.07. The third-order valence-electron chi connectivity index (χ3n) is 6.27. The summed E-state index contributed by atoms with van der Waals surface area (Å²) in [5, 5.41) is 0. The van der Waals surface area contributed by atoms with Crippen LogP contribution in [0.5, 0.6) is 11.5 Å². The van der Waals surface area contributed by atoms with Crippen molar-refractivity contribution >= 4 is 29.1 Å². The van der Waals surface area contributed by atoms with E-state index in [1.54, 1.807) is 18.6 Å². The lowest BCUT2D eigenvalue weighted by molar-refractivity contribution is -0.138. The Balaban J connectivity index is 1.77. The van der Waals surface area contributed by atoms with Crippen LogP contribution in [0.15, 0.2) is 94.2 Å². The van der Waals surface area contributed by atoms with Gasteiger partial charge in [-0.1, -0.05) is 78.1 Å². The number of aromatic nitrogens is 1. The minimum absolute atomic E-state index is 0.204. The Kier molecular flexibility index (Phi) is 7.74. The zero-order valence-corrected chi connectivity index (χ0v) is 22.7. The van der Waals surface area contributed by atoms with Gasteiger partial charge in [0.2, 0.25) is 0 Å². The Labute approximate surface area is 229 Å². The van der Waals surface area contributed by atoms with E-state index in [-0.39, 0.29) is 12.2 Å². The molecule has 1 aliphatic rings. The molecule has 2 heterocycles. The number of hydrogen-bond acceptors (Lipinski definition) is 7. The summed E-state index contributed by atoms with van der Waals surface area (Å²) in [5.41, 5.74) is 2.94. The number of carbonyl (C=O) groups is 1. The summed E-state index contributed by atoms with van der Waals surface area (Å²) >= 11 is 1.28. The molecule has 198 valence electrons. The Bertz CT molecular complexity index is 1710. The van der Waals surface area contributed by atoms with Crippen LogP contribution in [0.3, 0.4) is 0 Å². The van der Waals surface area contributed by atoms with Crippen LogP contribution >= 0.6 is 11.3 Å². The van der Waals surface area contributed by atoms with E-state index in [0.717, 1.165) is 16.7 Å². The molecule has 0 aliphatic carbocycles. The van der Waals surface area contributed by atoms with Crippen LogP contribution in [-0.4, -0.2) is 30.9 Å². The van der Waals surface area contributed by atoms with Crippen LogP contribution in [-0.2, 0) is 9.53 Å². The highest BCUT2D eigenvalue weighted by Crippen LogP contribution is 2.35. The van der Waals surface area contributed by atoms with Gasteiger partial charge < -0.3 is 14.2 Å². The van der Waals surface area contributed by atoms with E-state index in [4.69, 9.17) is 19.2 Å². The predicted octanol–water partition coefficient (Wildman–Crippen LogP) is 4.34. The average molecular weight is 541 g/mol. The summed E-state index contributed by atoms with van der Waals surface area (Å²) in [5.74, 6) is 0.713. The van der Waals surface area contributed by atoms with E-state index >= 15 is 0 Å². The van der Waals surface area contributed by atoms with Crippen LogP contribution in [0.2, 0.25) is 0 Å². The maximum atomic E-state index is 14.0. The Hall–Kier alpha value is -4.43. The molecule has 0 N–H and O–H groups in total. The van der Waals surface area contributed by atoms with E-state index in [9.17, 15) is 9.59 Å². The molecule has 1 atom stereocenters. The highest BCUT2D eigenvalue weighted by Gasteiger charge is 2.35. The van der Waals surface area contributed by atoms with E-state index in [2.05, 4.69) is 0 Å². The number of nitrogens with zero attached hydrogens (tertiary/aromatic N) is 2. The average Bonchev–Trinajstić information content (AvgIpc) is 3.27. The number of ether oxygens (including phenoxy) is 3. The molecule has 7 nitrogen and oxygen atoms in total. The fourth-order valence-corrected chi connectivity index (χ4v) is 5.59. The van der Waals surface area contributed by atoms with Crippen molar-refractivity contribution in [2.45, 2.75) is 19.9 Å². The lowest BCUT2D eigenvalue weighted by Gasteiger charge is -2.25. The number of benzene rings is 3. The molecule has 0 amide bonds. The van der Waals surface area contributed by atoms with Gasteiger partial charge in [-0.2, -0.15) is 0 Å². The lowest BCUT2D eigenvalue weighted by Crippen LogP contribution is -2.39. The van der Waals surface area contributed by atoms with Crippen molar-refractivity contribution in [2.24, 2.45) is 4.99 Å². The number of esters is 1. The van der Waals surface area contributed by atoms with Gasteiger partial charge in [0.1, 0.15) is 0 Å². The van der Waals surface area contributed by atoms with Gasteiger partial charge in [0, 0.05) is 5.56 Å². The summed E-state index contributed by atoms with van der Waals surface area (Å²) in [6.45, 7) is 4.35. The first-order valence-corrected chi connectivity index (χ1v) is 13.5. The zero-order valence-electron chi connectivity index (χ0n) is 21.9. The maximum Gasteiger partial charge on any atom is 0.338 e. The normalized spacial score (nSPS) is 14.9. The molecule has 0 radical (unpaired) electrons. The molecular weight excluding hydrogens is 512 g/mol. The van der Waals surface area contributed by atoms with Crippen LogP contribution in [0.4, 0.5) is 0 Å². The van der Waals surface area contributed by atoms with Crippen molar-refractivity contribution in [3.63, 3.8) is 0 Å². The number of thiazole rings is 1. The summed E-state index contributed by atoms with van der Waals surface area (Å²) in [6, 6.07) is 23.8. The lowest BCUT2D eigenvalue weighted by atomic mass is 9.93. The first-order chi connectivity index (χ1) is 19.0. The second kappa shape index (κ2) is 11.5. The van der Waals surface area contributed by atoms with Crippen LogP contribution in [0, 0.1) is 0 Å². The SMILES string of the molecule is CCOC(=O)C1=C(c2ccccc2)N=c2s/c(=C\c3ccc(OC)c(OCC)c3)c(=O)n2[C@H]1c1ccccc1. The van der Waals surface area contributed by atoms with Gasteiger partial charge in [0.25, 0.3) is 5.56 Å². The third-order valence-corrected chi connectivity index (χ3v) is 7.26. The molecule has 5 rings (SSSR count). The monoisotopic (exact) mass is 540 g/mol. The number of hydrogen-bond donors (Lipinski definition) is 0. The standard InChI is InChI=1S/C31H28N2O5S/c1-4-37-24-18-20(16-17-23(24)36-3)19-25-29(34)33-28(22-14-10-7-11-15-22)26(30(35)38-5-2)27(32-31(33)39-25)21-12-8-6-9-13-21/h6-19,28H,4-5H2,1-3H3/b25-19-/t28-/m0/s1. The molecule has 4 aromatic rings. The summed E-state index contributed by atoms with van der Waals surface area (Å²) in [4.78, 5) is 32.8. The summed E-state index contributed by atoms with van der Waals surface area (Å²) in [7, 11) is 1.59. The van der Waals surface area contributed by atoms with Gasteiger partial charge in [0.05, 0.1) is 42.2 Å². The molecule has 0 fully saturated rings. The maximum absolute atomic E-state index is 14.0. The molecular formula is C31H28N2O5S. The van der Waals surface area contributed by atoms with E-state index in [1.165, 1.54) is 11.3 Å². The molecule has 0 spiro atoms. The topological polar surface area (TPSA) is 79.1 Å². The first kappa shape index (κ1) is 26.2. The van der Waals surface area contributed by atoms with Crippen molar-refractivity contribution in [3.8, 4) is 11.5 Å². The van der Waals surface area contributed by atoms with Crippen molar-refractivity contribution in [1.29, 1.82) is 0 Å². The van der Waals surface area contributed by atoms with Crippen LogP contribution < -0.4 is 24.4 Å². The van der Waals surface area contributed by atoms with Crippen LogP contribution in [0.25, 0.3) is 11.8 Å². The zero-order chi connectivity index (χ0) is 27.4. The Morgan fingerprint density at radius 2 is 1.69 bits per heavy atom. The number of fused-ring (bicyclic) bond motifs is 1. The van der Waals surface area contributed by atoms with E-state index in [0.29, 0.717) is 38.7 Å².